The Morgan fingerprint density at radius 1 is 1.31 bits per heavy atom. The van der Waals surface area contributed by atoms with Crippen molar-refractivity contribution in [3.05, 3.63) is 35.6 Å². The maximum atomic E-state index is 12.7. The van der Waals surface area contributed by atoms with Gasteiger partial charge >= 0.3 is 0 Å². The maximum absolute atomic E-state index is 12.7. The summed E-state index contributed by atoms with van der Waals surface area (Å²) in [7, 11) is 2.09. The first-order chi connectivity index (χ1) is 7.61. The van der Waals surface area contributed by atoms with E-state index in [1.807, 2.05) is 12.1 Å². The van der Waals surface area contributed by atoms with Crippen LogP contribution in [0.25, 0.3) is 0 Å². The number of halogens is 1. The van der Waals surface area contributed by atoms with Crippen LogP contribution in [0.4, 0.5) is 4.39 Å². The van der Waals surface area contributed by atoms with E-state index < -0.39 is 0 Å². The molecule has 0 aliphatic heterocycles. The van der Waals surface area contributed by atoms with E-state index in [1.165, 1.54) is 17.7 Å². The minimum Gasteiger partial charge on any atom is -0.330 e. The Balaban J connectivity index is 2.31. The molecular formula is C13H21FN2. The van der Waals surface area contributed by atoms with Crippen molar-refractivity contribution in [2.45, 2.75) is 13.3 Å². The van der Waals surface area contributed by atoms with Gasteiger partial charge in [0.15, 0.2) is 0 Å². The summed E-state index contributed by atoms with van der Waals surface area (Å²) in [4.78, 5) is 2.26. The molecule has 0 aliphatic rings. The van der Waals surface area contributed by atoms with Gasteiger partial charge in [-0.15, -0.1) is 0 Å². The second kappa shape index (κ2) is 6.61. The first kappa shape index (κ1) is 13.1. The van der Waals surface area contributed by atoms with E-state index in [0.29, 0.717) is 5.92 Å². The fourth-order valence-electron chi connectivity index (χ4n) is 1.67. The first-order valence-corrected chi connectivity index (χ1v) is 5.75. The van der Waals surface area contributed by atoms with Gasteiger partial charge in [-0.05, 0) is 43.6 Å². The molecule has 0 fully saturated rings. The van der Waals surface area contributed by atoms with Crippen molar-refractivity contribution in [1.29, 1.82) is 0 Å². The average Bonchev–Trinajstić information content (AvgIpc) is 2.28. The topological polar surface area (TPSA) is 29.3 Å². The third-order valence-electron chi connectivity index (χ3n) is 2.72. The van der Waals surface area contributed by atoms with Crippen LogP contribution in [0.1, 0.15) is 12.5 Å². The number of hydrogen-bond donors (Lipinski definition) is 1. The lowest BCUT2D eigenvalue weighted by molar-refractivity contribution is 0.292. The van der Waals surface area contributed by atoms with Gasteiger partial charge in [-0.1, -0.05) is 19.1 Å². The van der Waals surface area contributed by atoms with Crippen molar-refractivity contribution in [2.24, 2.45) is 11.7 Å². The van der Waals surface area contributed by atoms with E-state index >= 15 is 0 Å². The summed E-state index contributed by atoms with van der Waals surface area (Å²) < 4.78 is 12.7. The second-order valence-electron chi connectivity index (χ2n) is 4.48. The lowest BCUT2D eigenvalue weighted by Crippen LogP contribution is -2.29. The van der Waals surface area contributed by atoms with Crippen molar-refractivity contribution < 1.29 is 4.39 Å². The largest absolute Gasteiger partial charge is 0.330 e. The fraction of sp³-hybridized carbons (Fsp3) is 0.538. The molecule has 0 aromatic heterocycles. The molecule has 0 radical (unpaired) electrons. The lowest BCUT2D eigenvalue weighted by Gasteiger charge is -2.20. The molecule has 0 amide bonds. The summed E-state index contributed by atoms with van der Waals surface area (Å²) >= 11 is 0. The highest BCUT2D eigenvalue weighted by atomic mass is 19.1. The third kappa shape index (κ3) is 4.73. The van der Waals surface area contributed by atoms with E-state index in [-0.39, 0.29) is 5.82 Å². The molecule has 2 nitrogen and oxygen atoms in total. The summed E-state index contributed by atoms with van der Waals surface area (Å²) in [6.07, 6.45) is 0.952. The molecule has 2 N–H and O–H groups in total. The average molecular weight is 224 g/mol. The molecule has 16 heavy (non-hydrogen) atoms. The molecule has 0 heterocycles. The first-order valence-electron chi connectivity index (χ1n) is 5.75. The molecule has 0 bridgehead atoms. The van der Waals surface area contributed by atoms with E-state index in [1.54, 1.807) is 0 Å². The minimum atomic E-state index is -0.172. The maximum Gasteiger partial charge on any atom is 0.123 e. The van der Waals surface area contributed by atoms with Gasteiger partial charge < -0.3 is 10.6 Å². The van der Waals surface area contributed by atoms with Crippen LogP contribution in [0.3, 0.4) is 0 Å². The fourth-order valence-corrected chi connectivity index (χ4v) is 1.67. The van der Waals surface area contributed by atoms with Gasteiger partial charge in [-0.25, -0.2) is 4.39 Å². The van der Waals surface area contributed by atoms with Gasteiger partial charge in [0.2, 0.25) is 0 Å². The highest BCUT2D eigenvalue weighted by Crippen LogP contribution is 2.05. The van der Waals surface area contributed by atoms with Crippen LogP contribution < -0.4 is 5.73 Å². The molecule has 1 aromatic rings. The zero-order valence-electron chi connectivity index (χ0n) is 10.1. The molecule has 1 aromatic carbocycles. The standard InChI is InChI=1S/C13H21FN2/c1-11(9-15)10-16(2)8-7-12-3-5-13(14)6-4-12/h3-6,11H,7-10,15H2,1-2H3. The lowest BCUT2D eigenvalue weighted by atomic mass is 10.1. The zero-order valence-corrected chi connectivity index (χ0v) is 10.1. The molecule has 1 rings (SSSR count). The monoisotopic (exact) mass is 224 g/mol. The molecule has 0 aliphatic carbocycles. The summed E-state index contributed by atoms with van der Waals surface area (Å²) in [6.45, 7) is 4.86. The van der Waals surface area contributed by atoms with E-state index in [4.69, 9.17) is 5.73 Å². The van der Waals surface area contributed by atoms with Crippen LogP contribution in [0.15, 0.2) is 24.3 Å². The number of nitrogens with two attached hydrogens (primary N) is 1. The Morgan fingerprint density at radius 2 is 1.94 bits per heavy atom. The van der Waals surface area contributed by atoms with Crippen molar-refractivity contribution in [1.82, 2.24) is 4.90 Å². The minimum absolute atomic E-state index is 0.172. The SMILES string of the molecule is CC(CN)CN(C)CCc1ccc(F)cc1. The molecule has 0 spiro atoms. The van der Waals surface area contributed by atoms with Crippen LogP contribution in [0, 0.1) is 11.7 Å². The van der Waals surface area contributed by atoms with Crippen molar-refractivity contribution in [2.75, 3.05) is 26.7 Å². The van der Waals surface area contributed by atoms with Crippen molar-refractivity contribution in [3.63, 3.8) is 0 Å². The van der Waals surface area contributed by atoms with E-state index in [9.17, 15) is 4.39 Å². The van der Waals surface area contributed by atoms with Crippen LogP contribution in [-0.4, -0.2) is 31.6 Å². The van der Waals surface area contributed by atoms with Crippen LogP contribution in [0.2, 0.25) is 0 Å². The predicted octanol–water partition coefficient (Wildman–Crippen LogP) is 1.89. The molecule has 90 valence electrons. The highest BCUT2D eigenvalue weighted by molar-refractivity contribution is 5.16. The number of rotatable bonds is 6. The molecule has 0 saturated carbocycles. The van der Waals surface area contributed by atoms with Crippen molar-refractivity contribution >= 4 is 0 Å². The zero-order chi connectivity index (χ0) is 12.0. The second-order valence-corrected chi connectivity index (χ2v) is 4.48. The molecule has 3 heteroatoms. The summed E-state index contributed by atoms with van der Waals surface area (Å²) in [5.74, 6) is 0.354. The Bertz CT molecular complexity index is 297. The molecule has 0 saturated heterocycles. The number of benzene rings is 1. The highest BCUT2D eigenvalue weighted by Gasteiger charge is 2.04. The molecule has 1 unspecified atom stereocenters. The van der Waals surface area contributed by atoms with Gasteiger partial charge in [0.1, 0.15) is 5.82 Å². The van der Waals surface area contributed by atoms with E-state index in [0.717, 1.165) is 26.1 Å². The summed E-state index contributed by atoms with van der Waals surface area (Å²) in [6, 6.07) is 6.71. The smallest absolute Gasteiger partial charge is 0.123 e. The van der Waals surface area contributed by atoms with Gasteiger partial charge in [0.05, 0.1) is 0 Å². The molecule has 1 atom stereocenters. The Labute approximate surface area is 97.3 Å². The quantitative estimate of drug-likeness (QED) is 0.799. The normalized spacial score (nSPS) is 13.1. The summed E-state index contributed by atoms with van der Waals surface area (Å²) in [5, 5.41) is 0. The van der Waals surface area contributed by atoms with Crippen LogP contribution in [0.5, 0.6) is 0 Å². The number of likely N-dealkylation sites (N-methyl/N-ethyl adjacent to an activating group) is 1. The van der Waals surface area contributed by atoms with Gasteiger partial charge in [-0.2, -0.15) is 0 Å². The summed E-state index contributed by atoms with van der Waals surface area (Å²) in [5.41, 5.74) is 6.75. The Morgan fingerprint density at radius 3 is 2.50 bits per heavy atom. The van der Waals surface area contributed by atoms with Gasteiger partial charge in [-0.3, -0.25) is 0 Å². The predicted molar refractivity (Wildman–Crippen MR) is 65.8 cm³/mol. The van der Waals surface area contributed by atoms with Gasteiger partial charge in [0.25, 0.3) is 0 Å². The molecular weight excluding hydrogens is 203 g/mol. The van der Waals surface area contributed by atoms with Gasteiger partial charge in [0, 0.05) is 13.1 Å². The van der Waals surface area contributed by atoms with Crippen LogP contribution in [-0.2, 0) is 6.42 Å². The number of nitrogens with zero attached hydrogens (tertiary/aromatic N) is 1. The van der Waals surface area contributed by atoms with Crippen LogP contribution >= 0.6 is 0 Å². The Kier molecular flexibility index (Phi) is 5.43. The Hall–Kier alpha value is -0.930. The number of hydrogen-bond acceptors (Lipinski definition) is 2. The third-order valence-corrected chi connectivity index (χ3v) is 2.72. The van der Waals surface area contributed by atoms with Crippen molar-refractivity contribution in [3.8, 4) is 0 Å². The van der Waals surface area contributed by atoms with E-state index in [2.05, 4.69) is 18.9 Å².